The van der Waals surface area contributed by atoms with Crippen LogP contribution in [0.2, 0.25) is 0 Å². The number of hydrogen-bond acceptors (Lipinski definition) is 4. The predicted octanol–water partition coefficient (Wildman–Crippen LogP) is 4.90. The Kier molecular flexibility index (Phi) is 4.86. The van der Waals surface area contributed by atoms with Crippen molar-refractivity contribution in [3.8, 4) is 5.75 Å². The number of rotatable bonds is 4. The second-order valence-electron chi connectivity index (χ2n) is 8.57. The lowest BCUT2D eigenvalue weighted by Gasteiger charge is -2.50. The molecule has 4 heteroatoms. The van der Waals surface area contributed by atoms with E-state index in [4.69, 9.17) is 9.72 Å². The number of aromatic nitrogens is 2. The smallest absolute Gasteiger partial charge is 0.136 e. The molecule has 152 valence electrons. The molecule has 30 heavy (non-hydrogen) atoms. The number of Topliss-reactive ketones (excluding diaryl/α,β-unsaturated/α-hetero) is 1. The van der Waals surface area contributed by atoms with Crippen molar-refractivity contribution in [1.82, 2.24) is 9.97 Å². The summed E-state index contributed by atoms with van der Waals surface area (Å²) in [6.45, 7) is 2.65. The van der Waals surface area contributed by atoms with Crippen molar-refractivity contribution in [2.24, 2.45) is 11.8 Å². The summed E-state index contributed by atoms with van der Waals surface area (Å²) in [5.41, 5.74) is 4.50. The van der Waals surface area contributed by atoms with Crippen molar-refractivity contribution in [3.05, 3.63) is 89.5 Å². The first-order chi connectivity index (χ1) is 14.7. The number of hydrogen-bond donors (Lipinski definition) is 0. The first-order valence-corrected chi connectivity index (χ1v) is 10.8. The topological polar surface area (TPSA) is 52.1 Å². The minimum absolute atomic E-state index is 0.0517. The predicted molar refractivity (Wildman–Crippen MR) is 115 cm³/mol. The number of fused-ring (bicyclic) bond motifs is 3. The third-order valence-electron chi connectivity index (χ3n) is 7.06. The highest BCUT2D eigenvalue weighted by atomic mass is 16.5. The molecule has 2 aliphatic rings. The molecule has 0 radical (unpaired) electrons. The Balaban J connectivity index is 1.49. The lowest BCUT2D eigenvalue weighted by atomic mass is 9.53. The molecule has 0 amide bonds. The molecule has 1 heterocycles. The zero-order valence-corrected chi connectivity index (χ0v) is 17.3. The van der Waals surface area contributed by atoms with Crippen LogP contribution in [0, 0.1) is 11.8 Å². The molecule has 1 saturated carbocycles. The van der Waals surface area contributed by atoms with Gasteiger partial charge in [-0.05, 0) is 54.0 Å². The highest BCUT2D eigenvalue weighted by molar-refractivity contribution is 5.83. The van der Waals surface area contributed by atoms with E-state index in [-0.39, 0.29) is 17.3 Å². The lowest BCUT2D eigenvalue weighted by Crippen LogP contribution is -2.49. The molecule has 0 N–H and O–H groups in total. The quantitative estimate of drug-likeness (QED) is 0.627. The Labute approximate surface area is 177 Å². The molecule has 1 fully saturated rings. The summed E-state index contributed by atoms with van der Waals surface area (Å²) in [6.07, 6.45) is 6.97. The van der Waals surface area contributed by atoms with Gasteiger partial charge in [0.1, 0.15) is 24.5 Å². The largest absolute Gasteiger partial charge is 0.489 e. The van der Waals surface area contributed by atoms with Gasteiger partial charge in [-0.15, -0.1) is 0 Å². The van der Waals surface area contributed by atoms with Crippen molar-refractivity contribution < 1.29 is 9.53 Å². The SMILES string of the molecule is C[C@@H]1C(=O)CC[C@]2(c3ccc(OCc4ccccc4)cc3)c3ncncc3CC[C@@H]12. The van der Waals surface area contributed by atoms with Crippen molar-refractivity contribution in [1.29, 1.82) is 0 Å². The van der Waals surface area contributed by atoms with Crippen LogP contribution in [0.4, 0.5) is 0 Å². The molecule has 2 aromatic carbocycles. The normalized spacial score (nSPS) is 25.3. The van der Waals surface area contributed by atoms with E-state index < -0.39 is 0 Å². The lowest BCUT2D eigenvalue weighted by molar-refractivity contribution is -0.128. The first kappa shape index (κ1) is 19.0. The van der Waals surface area contributed by atoms with E-state index in [0.29, 0.717) is 18.8 Å². The van der Waals surface area contributed by atoms with Crippen LogP contribution in [0.1, 0.15) is 48.6 Å². The molecule has 4 nitrogen and oxygen atoms in total. The van der Waals surface area contributed by atoms with E-state index in [9.17, 15) is 4.79 Å². The average molecular weight is 399 g/mol. The van der Waals surface area contributed by atoms with Crippen molar-refractivity contribution >= 4 is 5.78 Å². The zero-order valence-electron chi connectivity index (χ0n) is 17.3. The van der Waals surface area contributed by atoms with Crippen molar-refractivity contribution in [3.63, 3.8) is 0 Å². The van der Waals surface area contributed by atoms with Gasteiger partial charge in [0, 0.05) is 24.0 Å². The number of aryl methyl sites for hydroxylation is 1. The van der Waals surface area contributed by atoms with Crippen LogP contribution in [0.15, 0.2) is 67.1 Å². The Morgan fingerprint density at radius 2 is 1.87 bits per heavy atom. The fourth-order valence-corrected chi connectivity index (χ4v) is 5.51. The summed E-state index contributed by atoms with van der Waals surface area (Å²) in [4.78, 5) is 21.6. The maximum absolute atomic E-state index is 12.6. The summed E-state index contributed by atoms with van der Waals surface area (Å²) < 4.78 is 6.00. The van der Waals surface area contributed by atoms with E-state index in [1.54, 1.807) is 6.33 Å². The van der Waals surface area contributed by atoms with Gasteiger partial charge in [0.15, 0.2) is 0 Å². The molecule has 3 atom stereocenters. The van der Waals surface area contributed by atoms with Crippen LogP contribution in [0.3, 0.4) is 0 Å². The Morgan fingerprint density at radius 3 is 2.67 bits per heavy atom. The minimum atomic E-state index is -0.220. The molecule has 3 aromatic rings. The summed E-state index contributed by atoms with van der Waals surface area (Å²) in [7, 11) is 0. The van der Waals surface area contributed by atoms with Crippen LogP contribution < -0.4 is 4.74 Å². The van der Waals surface area contributed by atoms with Gasteiger partial charge >= 0.3 is 0 Å². The minimum Gasteiger partial charge on any atom is -0.489 e. The van der Waals surface area contributed by atoms with E-state index >= 15 is 0 Å². The van der Waals surface area contributed by atoms with Crippen LogP contribution in [-0.4, -0.2) is 15.8 Å². The number of benzene rings is 2. The van der Waals surface area contributed by atoms with Crippen molar-refractivity contribution in [2.75, 3.05) is 0 Å². The van der Waals surface area contributed by atoms with Gasteiger partial charge in [0.05, 0.1) is 5.69 Å². The molecule has 0 bridgehead atoms. The third-order valence-corrected chi connectivity index (χ3v) is 7.06. The highest BCUT2D eigenvalue weighted by Crippen LogP contribution is 2.54. The summed E-state index contributed by atoms with van der Waals surface area (Å²) >= 11 is 0. The Hall–Kier alpha value is -3.01. The van der Waals surface area contributed by atoms with Gasteiger partial charge in [-0.1, -0.05) is 49.4 Å². The summed E-state index contributed by atoms with van der Waals surface area (Å²) in [5, 5.41) is 0. The molecule has 2 aliphatic carbocycles. The number of carbonyl (C=O) groups excluding carboxylic acids is 1. The van der Waals surface area contributed by atoms with Crippen LogP contribution in [0.5, 0.6) is 5.75 Å². The standard InChI is InChI=1S/C26H26N2O2/c1-18-23-12-7-20-15-27-17-28-25(20)26(23,14-13-24(18)29)21-8-10-22(11-9-21)30-16-19-5-3-2-4-6-19/h2-6,8-11,15,17-18,23H,7,12-14,16H2,1H3/t18-,23-,26+/m0/s1. The second-order valence-corrected chi connectivity index (χ2v) is 8.57. The van der Waals surface area contributed by atoms with Gasteiger partial charge in [0.2, 0.25) is 0 Å². The second kappa shape index (κ2) is 7.67. The van der Waals surface area contributed by atoms with Gasteiger partial charge in [-0.3, -0.25) is 4.79 Å². The molecule has 0 unspecified atom stereocenters. The molecular formula is C26H26N2O2. The van der Waals surface area contributed by atoms with Crippen LogP contribution in [-0.2, 0) is 23.2 Å². The number of ether oxygens (including phenoxy) is 1. The van der Waals surface area contributed by atoms with E-state index in [2.05, 4.69) is 48.3 Å². The fourth-order valence-electron chi connectivity index (χ4n) is 5.51. The summed E-state index contributed by atoms with van der Waals surface area (Å²) in [6, 6.07) is 18.6. The third kappa shape index (κ3) is 3.11. The van der Waals surface area contributed by atoms with Crippen LogP contribution in [0.25, 0.3) is 0 Å². The molecule has 0 spiro atoms. The maximum atomic E-state index is 12.6. The summed E-state index contributed by atoms with van der Waals surface area (Å²) in [5.74, 6) is 1.57. The van der Waals surface area contributed by atoms with Gasteiger partial charge < -0.3 is 4.74 Å². The van der Waals surface area contributed by atoms with E-state index in [0.717, 1.165) is 36.3 Å². The van der Waals surface area contributed by atoms with Gasteiger partial charge in [-0.25, -0.2) is 9.97 Å². The Bertz CT molecular complexity index is 1050. The van der Waals surface area contributed by atoms with Gasteiger partial charge in [0.25, 0.3) is 0 Å². The molecule has 0 saturated heterocycles. The first-order valence-electron chi connectivity index (χ1n) is 10.8. The molecular weight excluding hydrogens is 372 g/mol. The molecule has 5 rings (SSSR count). The van der Waals surface area contributed by atoms with Gasteiger partial charge in [-0.2, -0.15) is 0 Å². The van der Waals surface area contributed by atoms with E-state index in [1.165, 1.54) is 11.1 Å². The Morgan fingerprint density at radius 1 is 1.07 bits per heavy atom. The zero-order chi connectivity index (χ0) is 20.6. The highest BCUT2D eigenvalue weighted by Gasteiger charge is 2.52. The van der Waals surface area contributed by atoms with Crippen LogP contribution >= 0.6 is 0 Å². The van der Waals surface area contributed by atoms with Crippen molar-refractivity contribution in [2.45, 2.75) is 44.6 Å². The number of carbonyl (C=O) groups is 1. The average Bonchev–Trinajstić information content (AvgIpc) is 2.81. The monoisotopic (exact) mass is 398 g/mol. The number of nitrogens with zero attached hydrogens (tertiary/aromatic N) is 2. The maximum Gasteiger partial charge on any atom is 0.136 e. The fraction of sp³-hybridized carbons (Fsp3) is 0.346. The molecule has 0 aliphatic heterocycles. The molecule has 1 aromatic heterocycles. The number of ketones is 1. The van der Waals surface area contributed by atoms with E-state index in [1.807, 2.05) is 24.4 Å².